The lowest BCUT2D eigenvalue weighted by atomic mass is 10.1. The van der Waals surface area contributed by atoms with E-state index < -0.39 is 17.2 Å². The first-order chi connectivity index (χ1) is 17.5. The minimum absolute atomic E-state index is 0.232. The molecule has 10 heteroatoms. The number of allylic oxidation sites excluding steroid dienone is 1. The Morgan fingerprint density at radius 3 is 2.44 bits per heavy atom. The van der Waals surface area contributed by atoms with E-state index in [9.17, 15) is 19.6 Å². The molecule has 0 bridgehead atoms. The highest BCUT2D eigenvalue weighted by Gasteiger charge is 2.14. The van der Waals surface area contributed by atoms with Crippen LogP contribution in [-0.4, -0.2) is 25.7 Å². The monoisotopic (exact) mass is 492 g/mol. The maximum absolute atomic E-state index is 12.8. The first-order valence-corrected chi connectivity index (χ1v) is 11.5. The fraction of sp³-hybridized carbons (Fsp3) is 0. The third-order valence-corrected chi connectivity index (χ3v) is 6.17. The summed E-state index contributed by atoms with van der Waals surface area (Å²) >= 11 is 1.08. The van der Waals surface area contributed by atoms with Crippen LogP contribution < -0.4 is 16.6 Å². The Morgan fingerprint density at radius 2 is 1.69 bits per heavy atom. The van der Waals surface area contributed by atoms with Crippen molar-refractivity contribution < 1.29 is 4.79 Å². The lowest BCUT2D eigenvalue weighted by molar-refractivity contribution is 0.102. The zero-order valence-electron chi connectivity index (χ0n) is 18.5. The quantitative estimate of drug-likeness (QED) is 0.358. The number of hydrogen-bond donors (Lipinski definition) is 2. The predicted molar refractivity (Wildman–Crippen MR) is 138 cm³/mol. The molecular weight excluding hydrogens is 476 g/mol. The van der Waals surface area contributed by atoms with Crippen molar-refractivity contribution >= 4 is 44.9 Å². The van der Waals surface area contributed by atoms with Crippen molar-refractivity contribution in [3.05, 3.63) is 116 Å². The van der Waals surface area contributed by atoms with Crippen LogP contribution in [0.5, 0.6) is 0 Å². The average molecular weight is 493 g/mol. The van der Waals surface area contributed by atoms with E-state index in [0.29, 0.717) is 32.7 Å². The summed E-state index contributed by atoms with van der Waals surface area (Å²) in [6.07, 6.45) is 1.70. The van der Waals surface area contributed by atoms with Crippen molar-refractivity contribution in [1.29, 1.82) is 5.26 Å². The largest absolute Gasteiger partial charge is 0.333 e. The van der Waals surface area contributed by atoms with Gasteiger partial charge < -0.3 is 4.98 Å². The van der Waals surface area contributed by atoms with Crippen molar-refractivity contribution in [2.45, 2.75) is 0 Å². The highest BCUT2D eigenvalue weighted by atomic mass is 32.1. The molecule has 3 aromatic carbocycles. The molecule has 0 spiro atoms. The number of amides is 1. The van der Waals surface area contributed by atoms with Gasteiger partial charge in [-0.25, -0.2) is 9.36 Å². The second kappa shape index (κ2) is 9.61. The smallest absolute Gasteiger partial charge is 0.306 e. The normalized spacial score (nSPS) is 11.2. The van der Waals surface area contributed by atoms with Gasteiger partial charge >= 0.3 is 5.69 Å². The van der Waals surface area contributed by atoms with Crippen LogP contribution in [0.1, 0.15) is 20.9 Å². The van der Waals surface area contributed by atoms with Gasteiger partial charge in [-0.05, 0) is 48.0 Å². The standard InChI is InChI=1S/C26H16N6O3S/c27-15-18(14-16-6-2-1-3-7-16)23-30-31-25(36-23)29-22(33)17-10-12-19(13-11-17)32-24(34)20-8-4-5-9-21(20)28-26(32)35/h1-14H,(H,28,35)(H,29,31,33)/b18-14-. The number of rotatable bonds is 5. The number of aromatic nitrogens is 4. The summed E-state index contributed by atoms with van der Waals surface area (Å²) < 4.78 is 1.02. The van der Waals surface area contributed by atoms with Gasteiger partial charge in [0, 0.05) is 5.56 Å². The number of para-hydroxylation sites is 1. The number of carbonyl (C=O) groups is 1. The Morgan fingerprint density at radius 1 is 0.972 bits per heavy atom. The summed E-state index contributed by atoms with van der Waals surface area (Å²) in [7, 11) is 0. The highest BCUT2D eigenvalue weighted by molar-refractivity contribution is 7.16. The number of benzene rings is 3. The Balaban J connectivity index is 1.36. The number of aromatic amines is 1. The van der Waals surface area contributed by atoms with Gasteiger partial charge in [-0.1, -0.05) is 53.8 Å². The van der Waals surface area contributed by atoms with Gasteiger partial charge in [0.05, 0.1) is 22.2 Å². The molecule has 36 heavy (non-hydrogen) atoms. The van der Waals surface area contributed by atoms with Crippen molar-refractivity contribution in [1.82, 2.24) is 19.7 Å². The van der Waals surface area contributed by atoms with Crippen molar-refractivity contribution in [3.63, 3.8) is 0 Å². The van der Waals surface area contributed by atoms with Gasteiger partial charge in [0.1, 0.15) is 6.07 Å². The highest BCUT2D eigenvalue weighted by Crippen LogP contribution is 2.24. The Bertz CT molecular complexity index is 1780. The van der Waals surface area contributed by atoms with E-state index >= 15 is 0 Å². The lowest BCUT2D eigenvalue weighted by Crippen LogP contribution is -2.33. The molecule has 5 aromatic rings. The number of nitrogens with one attached hydrogen (secondary N) is 2. The number of carbonyl (C=O) groups excluding carboxylic acids is 1. The van der Waals surface area contributed by atoms with E-state index in [2.05, 4.69) is 26.6 Å². The van der Waals surface area contributed by atoms with E-state index in [4.69, 9.17) is 0 Å². The van der Waals surface area contributed by atoms with Crippen molar-refractivity contribution in [2.24, 2.45) is 0 Å². The Labute approximate surface area is 207 Å². The topological polar surface area (TPSA) is 134 Å². The van der Waals surface area contributed by atoms with Gasteiger partial charge in [-0.2, -0.15) is 5.26 Å². The van der Waals surface area contributed by atoms with E-state index in [0.717, 1.165) is 21.5 Å². The van der Waals surface area contributed by atoms with Crippen LogP contribution in [0.3, 0.4) is 0 Å². The molecule has 0 unspecified atom stereocenters. The third kappa shape index (κ3) is 4.46. The molecule has 0 aliphatic rings. The van der Waals surface area contributed by atoms with Gasteiger partial charge in [-0.3, -0.25) is 14.9 Å². The first-order valence-electron chi connectivity index (χ1n) is 10.7. The van der Waals surface area contributed by atoms with Crippen LogP contribution in [0.2, 0.25) is 0 Å². The molecule has 2 heterocycles. The minimum Gasteiger partial charge on any atom is -0.306 e. The van der Waals surface area contributed by atoms with Crippen LogP contribution in [-0.2, 0) is 0 Å². The number of H-pyrrole nitrogens is 1. The van der Waals surface area contributed by atoms with Crippen LogP contribution >= 0.6 is 11.3 Å². The summed E-state index contributed by atoms with van der Waals surface area (Å²) in [4.78, 5) is 40.7. The summed E-state index contributed by atoms with van der Waals surface area (Å²) in [5.41, 5.74) is 1.22. The maximum atomic E-state index is 12.8. The SMILES string of the molecule is N#C/C(=C/c1ccccc1)c1nnc(NC(=O)c2ccc(-n3c(=O)[nH]c4ccccc4c3=O)cc2)s1. The molecular formula is C26H16N6O3S. The molecule has 2 N–H and O–H groups in total. The number of nitrogens with zero attached hydrogens (tertiary/aromatic N) is 4. The van der Waals surface area contributed by atoms with E-state index in [1.165, 1.54) is 24.3 Å². The van der Waals surface area contributed by atoms with Crippen LogP contribution in [0.25, 0.3) is 28.2 Å². The molecule has 1 amide bonds. The van der Waals surface area contributed by atoms with Gasteiger partial charge in [0.2, 0.25) is 5.13 Å². The Hall–Kier alpha value is -5.14. The van der Waals surface area contributed by atoms with E-state index in [1.807, 2.05) is 30.3 Å². The summed E-state index contributed by atoms with van der Waals surface area (Å²) in [6, 6.07) is 24.2. The fourth-order valence-corrected chi connectivity index (χ4v) is 4.27. The molecule has 2 aromatic heterocycles. The van der Waals surface area contributed by atoms with Gasteiger partial charge in [-0.15, -0.1) is 10.2 Å². The van der Waals surface area contributed by atoms with Gasteiger partial charge in [0.15, 0.2) is 5.01 Å². The number of nitriles is 1. The van der Waals surface area contributed by atoms with Crippen LogP contribution in [0, 0.1) is 11.3 Å². The van der Waals surface area contributed by atoms with Crippen molar-refractivity contribution in [3.8, 4) is 11.8 Å². The summed E-state index contributed by atoms with van der Waals surface area (Å²) in [6.45, 7) is 0. The maximum Gasteiger partial charge on any atom is 0.333 e. The molecule has 0 aliphatic heterocycles. The average Bonchev–Trinajstić information content (AvgIpc) is 3.36. The molecule has 0 atom stereocenters. The zero-order valence-corrected chi connectivity index (χ0v) is 19.3. The fourth-order valence-electron chi connectivity index (χ4n) is 3.57. The summed E-state index contributed by atoms with van der Waals surface area (Å²) in [5.74, 6) is -0.449. The van der Waals surface area contributed by atoms with Crippen LogP contribution in [0.4, 0.5) is 5.13 Å². The number of anilines is 1. The second-order valence-electron chi connectivity index (χ2n) is 7.61. The molecule has 9 nitrogen and oxygen atoms in total. The molecule has 0 aliphatic carbocycles. The van der Waals surface area contributed by atoms with Crippen molar-refractivity contribution in [2.75, 3.05) is 5.32 Å². The lowest BCUT2D eigenvalue weighted by Gasteiger charge is -2.07. The molecule has 0 radical (unpaired) electrons. The van der Waals surface area contributed by atoms with E-state index in [-0.39, 0.29) is 5.13 Å². The number of fused-ring (bicyclic) bond motifs is 1. The minimum atomic E-state index is -0.575. The van der Waals surface area contributed by atoms with Gasteiger partial charge in [0.25, 0.3) is 11.5 Å². The Kier molecular flexibility index (Phi) is 6.05. The molecule has 0 saturated carbocycles. The molecule has 0 fully saturated rings. The third-order valence-electron chi connectivity index (χ3n) is 5.30. The first kappa shape index (κ1) is 22.6. The molecule has 0 saturated heterocycles. The predicted octanol–water partition coefficient (Wildman–Crippen LogP) is 3.85. The second-order valence-corrected chi connectivity index (χ2v) is 8.59. The molecule has 174 valence electrons. The van der Waals surface area contributed by atoms with E-state index in [1.54, 1.807) is 30.3 Å². The zero-order chi connectivity index (χ0) is 25.1. The molecule has 5 rings (SSSR count). The van der Waals surface area contributed by atoms with Crippen LogP contribution in [0.15, 0.2) is 88.5 Å². The number of hydrogen-bond acceptors (Lipinski definition) is 7. The summed E-state index contributed by atoms with van der Waals surface area (Å²) in [5, 5.41) is 21.1.